The van der Waals surface area contributed by atoms with Crippen LogP contribution in [0.1, 0.15) is 31.0 Å². The smallest absolute Gasteiger partial charge is 0.221 e. The highest BCUT2D eigenvalue weighted by Gasteiger charge is 2.06. The molecule has 0 aromatic heterocycles. The van der Waals surface area contributed by atoms with E-state index in [9.17, 15) is 4.79 Å². The van der Waals surface area contributed by atoms with Gasteiger partial charge in [0.05, 0.1) is 0 Å². The molecule has 0 saturated carbocycles. The predicted molar refractivity (Wildman–Crippen MR) is 84.0 cm³/mol. The fraction of sp³-hybridized carbons (Fsp3) is 0.235. The van der Waals surface area contributed by atoms with E-state index in [4.69, 9.17) is 0 Å². The standard InChI is InChI=1S/C17H20N2O/c1-12-7-9-16(10-8-12)18-13(2)15-5-4-6-17(11-15)19-14(3)20/h4-11,13,18H,1-3H3,(H,19,20). The van der Waals surface area contributed by atoms with Gasteiger partial charge in [-0.15, -0.1) is 0 Å². The fourth-order valence-corrected chi connectivity index (χ4v) is 2.07. The Morgan fingerprint density at radius 1 is 1.05 bits per heavy atom. The number of carbonyl (C=O) groups excluding carboxylic acids is 1. The van der Waals surface area contributed by atoms with E-state index in [0.29, 0.717) is 0 Å². The molecule has 3 heteroatoms. The van der Waals surface area contributed by atoms with Gasteiger partial charge in [0.2, 0.25) is 5.91 Å². The lowest BCUT2D eigenvalue weighted by Crippen LogP contribution is -2.09. The average molecular weight is 268 g/mol. The summed E-state index contributed by atoms with van der Waals surface area (Å²) in [6.07, 6.45) is 0. The second kappa shape index (κ2) is 6.24. The molecule has 1 unspecified atom stereocenters. The van der Waals surface area contributed by atoms with E-state index in [2.05, 4.69) is 54.8 Å². The number of rotatable bonds is 4. The van der Waals surface area contributed by atoms with Crippen molar-refractivity contribution in [1.82, 2.24) is 0 Å². The highest BCUT2D eigenvalue weighted by Crippen LogP contribution is 2.22. The molecule has 3 nitrogen and oxygen atoms in total. The summed E-state index contributed by atoms with van der Waals surface area (Å²) < 4.78 is 0. The lowest BCUT2D eigenvalue weighted by molar-refractivity contribution is -0.114. The van der Waals surface area contributed by atoms with Gasteiger partial charge in [0.15, 0.2) is 0 Å². The van der Waals surface area contributed by atoms with E-state index in [1.165, 1.54) is 12.5 Å². The molecule has 2 aromatic rings. The number of amides is 1. The monoisotopic (exact) mass is 268 g/mol. The molecule has 20 heavy (non-hydrogen) atoms. The van der Waals surface area contributed by atoms with Gasteiger partial charge in [-0.2, -0.15) is 0 Å². The Morgan fingerprint density at radius 2 is 1.75 bits per heavy atom. The zero-order valence-corrected chi connectivity index (χ0v) is 12.1. The molecule has 104 valence electrons. The zero-order chi connectivity index (χ0) is 14.5. The van der Waals surface area contributed by atoms with Crippen LogP contribution in [-0.4, -0.2) is 5.91 Å². The molecule has 2 rings (SSSR count). The summed E-state index contributed by atoms with van der Waals surface area (Å²) in [6, 6.07) is 16.4. The summed E-state index contributed by atoms with van der Waals surface area (Å²) in [5, 5.41) is 6.26. The quantitative estimate of drug-likeness (QED) is 0.875. The number of hydrogen-bond acceptors (Lipinski definition) is 2. The van der Waals surface area contributed by atoms with E-state index < -0.39 is 0 Å². The minimum Gasteiger partial charge on any atom is -0.379 e. The minimum absolute atomic E-state index is 0.0544. The van der Waals surface area contributed by atoms with Gasteiger partial charge >= 0.3 is 0 Å². The SMILES string of the molecule is CC(=O)Nc1cccc(C(C)Nc2ccc(C)cc2)c1. The van der Waals surface area contributed by atoms with Crippen molar-refractivity contribution in [2.45, 2.75) is 26.8 Å². The highest BCUT2D eigenvalue weighted by molar-refractivity contribution is 5.88. The molecule has 0 aliphatic rings. The second-order valence-corrected chi connectivity index (χ2v) is 5.04. The number of hydrogen-bond donors (Lipinski definition) is 2. The third-order valence-corrected chi connectivity index (χ3v) is 3.14. The molecule has 0 aliphatic carbocycles. The van der Waals surface area contributed by atoms with Crippen LogP contribution < -0.4 is 10.6 Å². The van der Waals surface area contributed by atoms with Crippen molar-refractivity contribution in [2.75, 3.05) is 10.6 Å². The molecule has 0 saturated heterocycles. The normalized spacial score (nSPS) is 11.8. The first-order valence-corrected chi connectivity index (χ1v) is 6.75. The third kappa shape index (κ3) is 3.85. The molecule has 0 bridgehead atoms. The lowest BCUT2D eigenvalue weighted by Gasteiger charge is -2.17. The molecule has 0 radical (unpaired) electrons. The maximum absolute atomic E-state index is 11.1. The predicted octanol–water partition coefficient (Wildman–Crippen LogP) is 4.13. The molecule has 0 heterocycles. The van der Waals surface area contributed by atoms with E-state index in [0.717, 1.165) is 16.9 Å². The van der Waals surface area contributed by atoms with E-state index in [1.54, 1.807) is 0 Å². The largest absolute Gasteiger partial charge is 0.379 e. The highest BCUT2D eigenvalue weighted by atomic mass is 16.1. The molecule has 2 N–H and O–H groups in total. The van der Waals surface area contributed by atoms with Gasteiger partial charge in [-0.25, -0.2) is 0 Å². The molecule has 0 aliphatic heterocycles. The Labute approximate surface area is 120 Å². The van der Waals surface area contributed by atoms with Gasteiger partial charge < -0.3 is 10.6 Å². The molecule has 0 spiro atoms. The zero-order valence-electron chi connectivity index (χ0n) is 12.1. The average Bonchev–Trinajstić information content (AvgIpc) is 2.41. The van der Waals surface area contributed by atoms with Crippen molar-refractivity contribution < 1.29 is 4.79 Å². The first-order chi connectivity index (χ1) is 9.54. The summed E-state index contributed by atoms with van der Waals surface area (Å²) in [4.78, 5) is 11.1. The molecule has 1 amide bonds. The summed E-state index contributed by atoms with van der Waals surface area (Å²) in [5.41, 5.74) is 4.30. The van der Waals surface area contributed by atoms with Crippen LogP contribution in [-0.2, 0) is 4.79 Å². The van der Waals surface area contributed by atoms with Crippen LogP contribution in [0.25, 0.3) is 0 Å². The number of anilines is 2. The van der Waals surface area contributed by atoms with Crippen LogP contribution >= 0.6 is 0 Å². The van der Waals surface area contributed by atoms with Gasteiger partial charge in [0.25, 0.3) is 0 Å². The van der Waals surface area contributed by atoms with Gasteiger partial charge in [-0.1, -0.05) is 29.8 Å². The van der Waals surface area contributed by atoms with Crippen molar-refractivity contribution in [3.8, 4) is 0 Å². The van der Waals surface area contributed by atoms with Crippen LogP contribution in [0.5, 0.6) is 0 Å². The molecule has 0 fully saturated rings. The summed E-state index contributed by atoms with van der Waals surface area (Å²) >= 11 is 0. The Morgan fingerprint density at radius 3 is 2.40 bits per heavy atom. The summed E-state index contributed by atoms with van der Waals surface area (Å²) in [6.45, 7) is 5.69. The first-order valence-electron chi connectivity index (χ1n) is 6.75. The van der Waals surface area contributed by atoms with Crippen LogP contribution in [0, 0.1) is 6.92 Å². The molecule has 1 atom stereocenters. The Kier molecular flexibility index (Phi) is 4.41. The first kappa shape index (κ1) is 14.1. The summed E-state index contributed by atoms with van der Waals surface area (Å²) in [5.74, 6) is -0.0544. The lowest BCUT2D eigenvalue weighted by atomic mass is 10.1. The number of carbonyl (C=O) groups is 1. The molecular formula is C17H20N2O. The fourth-order valence-electron chi connectivity index (χ4n) is 2.07. The van der Waals surface area contributed by atoms with E-state index >= 15 is 0 Å². The van der Waals surface area contributed by atoms with E-state index in [-0.39, 0.29) is 11.9 Å². The van der Waals surface area contributed by atoms with Crippen molar-refractivity contribution >= 4 is 17.3 Å². The number of nitrogens with one attached hydrogen (secondary N) is 2. The van der Waals surface area contributed by atoms with Crippen LogP contribution in [0.15, 0.2) is 48.5 Å². The number of aryl methyl sites for hydroxylation is 1. The Balaban J connectivity index is 2.10. The third-order valence-electron chi connectivity index (χ3n) is 3.14. The van der Waals surface area contributed by atoms with Crippen LogP contribution in [0.4, 0.5) is 11.4 Å². The van der Waals surface area contributed by atoms with E-state index in [1.807, 2.05) is 18.2 Å². The van der Waals surface area contributed by atoms with Crippen LogP contribution in [0.3, 0.4) is 0 Å². The Hall–Kier alpha value is -2.29. The summed E-state index contributed by atoms with van der Waals surface area (Å²) in [7, 11) is 0. The van der Waals surface area contributed by atoms with Crippen molar-refractivity contribution in [3.63, 3.8) is 0 Å². The molecular weight excluding hydrogens is 248 g/mol. The maximum Gasteiger partial charge on any atom is 0.221 e. The molecule has 2 aromatic carbocycles. The van der Waals surface area contributed by atoms with Crippen molar-refractivity contribution in [3.05, 3.63) is 59.7 Å². The second-order valence-electron chi connectivity index (χ2n) is 5.04. The topological polar surface area (TPSA) is 41.1 Å². The number of benzene rings is 2. The van der Waals surface area contributed by atoms with Gasteiger partial charge in [0.1, 0.15) is 0 Å². The van der Waals surface area contributed by atoms with Gasteiger partial charge in [0, 0.05) is 24.3 Å². The minimum atomic E-state index is -0.0544. The Bertz CT molecular complexity index is 590. The van der Waals surface area contributed by atoms with Gasteiger partial charge in [-0.05, 0) is 43.7 Å². The van der Waals surface area contributed by atoms with Crippen molar-refractivity contribution in [1.29, 1.82) is 0 Å². The maximum atomic E-state index is 11.1. The van der Waals surface area contributed by atoms with Gasteiger partial charge in [-0.3, -0.25) is 4.79 Å². The van der Waals surface area contributed by atoms with Crippen LogP contribution in [0.2, 0.25) is 0 Å². The van der Waals surface area contributed by atoms with Crippen molar-refractivity contribution in [2.24, 2.45) is 0 Å².